The number of nitrogens with two attached hydrogens (primary N) is 2. The van der Waals surface area contributed by atoms with E-state index in [1.54, 1.807) is 49.4 Å². The summed E-state index contributed by atoms with van der Waals surface area (Å²) in [4.78, 5) is 0. The fraction of sp³-hybridized carbons (Fsp3) is 0.143. The monoisotopic (exact) mass is 389 g/mol. The van der Waals surface area contributed by atoms with Gasteiger partial charge in [-0.25, -0.2) is 0 Å². The number of anilines is 3. The standard InChI is InChI=1S/C15H14F3NO.C6H8N2/c1-10-2-7-13(8-14(10)20)19-9-11-3-5-12(6-4-11)15(16,17)18;7-5-1-2-6(8)4-3-5/h2-8,19-20H,9H2,1H3;1-4H,7-8H2. The molecule has 0 amide bonds. The summed E-state index contributed by atoms with van der Waals surface area (Å²) in [7, 11) is 0. The van der Waals surface area contributed by atoms with Gasteiger partial charge in [-0.2, -0.15) is 13.2 Å². The SMILES string of the molecule is Cc1ccc(NCc2ccc(C(F)(F)F)cc2)cc1O.Nc1ccc(N)cc1. The molecule has 3 aromatic rings. The molecule has 0 unspecified atom stereocenters. The van der Waals surface area contributed by atoms with Gasteiger partial charge in [-0.05, 0) is 60.5 Å². The summed E-state index contributed by atoms with van der Waals surface area (Å²) in [6, 6.07) is 17.2. The Bertz CT molecular complexity index is 871. The number of hydrogen-bond donors (Lipinski definition) is 4. The van der Waals surface area contributed by atoms with Crippen molar-refractivity contribution in [2.75, 3.05) is 16.8 Å². The quantitative estimate of drug-likeness (QED) is 0.465. The van der Waals surface area contributed by atoms with Gasteiger partial charge in [0.25, 0.3) is 0 Å². The van der Waals surface area contributed by atoms with Crippen LogP contribution in [0.1, 0.15) is 16.7 Å². The second-order valence-electron chi connectivity index (χ2n) is 6.22. The van der Waals surface area contributed by atoms with Crippen LogP contribution in [0.3, 0.4) is 0 Å². The summed E-state index contributed by atoms with van der Waals surface area (Å²) in [5, 5.41) is 12.6. The number of benzene rings is 3. The van der Waals surface area contributed by atoms with Gasteiger partial charge < -0.3 is 21.9 Å². The average Bonchev–Trinajstić information content (AvgIpc) is 2.65. The highest BCUT2D eigenvalue weighted by molar-refractivity contribution is 5.51. The largest absolute Gasteiger partial charge is 0.508 e. The van der Waals surface area contributed by atoms with Gasteiger partial charge in [-0.3, -0.25) is 0 Å². The third kappa shape index (κ3) is 6.42. The molecule has 0 aliphatic heterocycles. The molecule has 3 rings (SSSR count). The third-order valence-corrected chi connectivity index (χ3v) is 3.92. The van der Waals surface area contributed by atoms with Crippen molar-refractivity contribution in [1.29, 1.82) is 0 Å². The minimum absolute atomic E-state index is 0.183. The van der Waals surface area contributed by atoms with Crippen LogP contribution in [0.15, 0.2) is 66.7 Å². The van der Waals surface area contributed by atoms with Crippen molar-refractivity contribution in [3.8, 4) is 5.75 Å². The summed E-state index contributed by atoms with van der Waals surface area (Å²) < 4.78 is 37.2. The fourth-order valence-corrected chi connectivity index (χ4v) is 2.23. The molecule has 0 spiro atoms. The van der Waals surface area contributed by atoms with E-state index in [1.165, 1.54) is 12.1 Å². The van der Waals surface area contributed by atoms with E-state index in [4.69, 9.17) is 11.5 Å². The molecule has 0 fully saturated rings. The van der Waals surface area contributed by atoms with Crippen LogP contribution in [0, 0.1) is 6.92 Å². The van der Waals surface area contributed by atoms with Gasteiger partial charge in [-0.15, -0.1) is 0 Å². The van der Waals surface area contributed by atoms with E-state index in [9.17, 15) is 18.3 Å². The van der Waals surface area contributed by atoms with Crippen molar-refractivity contribution in [2.45, 2.75) is 19.6 Å². The molecule has 0 heterocycles. The van der Waals surface area contributed by atoms with Crippen LogP contribution in [0.5, 0.6) is 5.75 Å². The highest BCUT2D eigenvalue weighted by atomic mass is 19.4. The van der Waals surface area contributed by atoms with Gasteiger partial charge in [0.2, 0.25) is 0 Å². The molecule has 0 aliphatic rings. The molecule has 0 aliphatic carbocycles. The van der Waals surface area contributed by atoms with Crippen molar-refractivity contribution in [2.24, 2.45) is 0 Å². The molecule has 6 N–H and O–H groups in total. The number of aryl methyl sites for hydroxylation is 1. The topological polar surface area (TPSA) is 84.3 Å². The molecule has 0 radical (unpaired) electrons. The van der Waals surface area contributed by atoms with Crippen LogP contribution in [-0.4, -0.2) is 5.11 Å². The number of halogens is 3. The van der Waals surface area contributed by atoms with E-state index in [0.717, 1.165) is 34.6 Å². The van der Waals surface area contributed by atoms with Gasteiger partial charge in [0.05, 0.1) is 5.56 Å². The Morgan fingerprint density at radius 2 is 1.39 bits per heavy atom. The molecule has 3 aromatic carbocycles. The smallest absolute Gasteiger partial charge is 0.416 e. The Kier molecular flexibility index (Phi) is 6.76. The summed E-state index contributed by atoms with van der Waals surface area (Å²) in [5.41, 5.74) is 13.8. The number of nitrogens with one attached hydrogen (secondary N) is 1. The molecule has 0 bridgehead atoms. The van der Waals surface area contributed by atoms with Crippen LogP contribution in [0.25, 0.3) is 0 Å². The maximum atomic E-state index is 12.4. The lowest BCUT2D eigenvalue weighted by atomic mass is 10.1. The molecule has 0 aromatic heterocycles. The lowest BCUT2D eigenvalue weighted by Crippen LogP contribution is -2.05. The van der Waals surface area contributed by atoms with E-state index in [2.05, 4.69) is 5.32 Å². The number of phenolic OH excluding ortho intramolecular Hbond substituents is 1. The molecule has 0 saturated carbocycles. The number of phenols is 1. The van der Waals surface area contributed by atoms with Crippen molar-refractivity contribution in [3.05, 3.63) is 83.4 Å². The predicted octanol–water partition coefficient (Wildman–Crippen LogP) is 5.18. The Balaban J connectivity index is 0.000000292. The van der Waals surface area contributed by atoms with Crippen molar-refractivity contribution >= 4 is 17.1 Å². The normalized spacial score (nSPS) is 10.7. The molecular formula is C21H22F3N3O. The van der Waals surface area contributed by atoms with Crippen molar-refractivity contribution in [3.63, 3.8) is 0 Å². The first-order valence-electron chi connectivity index (χ1n) is 8.46. The van der Waals surface area contributed by atoms with Crippen molar-refractivity contribution < 1.29 is 18.3 Å². The highest BCUT2D eigenvalue weighted by Gasteiger charge is 2.29. The third-order valence-electron chi connectivity index (χ3n) is 3.92. The zero-order chi connectivity index (χ0) is 20.7. The number of aromatic hydroxyl groups is 1. The molecule has 7 heteroatoms. The molecule has 28 heavy (non-hydrogen) atoms. The van der Waals surface area contributed by atoms with E-state index in [0.29, 0.717) is 12.2 Å². The zero-order valence-electron chi connectivity index (χ0n) is 15.3. The Hall–Kier alpha value is -3.35. The minimum atomic E-state index is -4.31. The highest BCUT2D eigenvalue weighted by Crippen LogP contribution is 2.29. The first kappa shape index (κ1) is 21.0. The van der Waals surface area contributed by atoms with E-state index < -0.39 is 11.7 Å². The lowest BCUT2D eigenvalue weighted by molar-refractivity contribution is -0.137. The average molecular weight is 389 g/mol. The molecular weight excluding hydrogens is 367 g/mol. The first-order chi connectivity index (χ1) is 13.1. The number of hydrogen-bond acceptors (Lipinski definition) is 4. The first-order valence-corrected chi connectivity index (χ1v) is 8.46. The predicted molar refractivity (Wildman–Crippen MR) is 107 cm³/mol. The second-order valence-corrected chi connectivity index (χ2v) is 6.22. The second kappa shape index (κ2) is 9.03. The van der Waals surface area contributed by atoms with Crippen LogP contribution >= 0.6 is 0 Å². The summed E-state index contributed by atoms with van der Waals surface area (Å²) in [5.74, 6) is 0.183. The van der Waals surface area contributed by atoms with Gasteiger partial charge in [0.1, 0.15) is 5.75 Å². The minimum Gasteiger partial charge on any atom is -0.508 e. The zero-order valence-corrected chi connectivity index (χ0v) is 15.3. The maximum absolute atomic E-state index is 12.4. The fourth-order valence-electron chi connectivity index (χ4n) is 2.23. The van der Waals surface area contributed by atoms with E-state index >= 15 is 0 Å². The maximum Gasteiger partial charge on any atom is 0.416 e. The van der Waals surface area contributed by atoms with E-state index in [-0.39, 0.29) is 5.75 Å². The Morgan fingerprint density at radius 3 is 1.86 bits per heavy atom. The van der Waals surface area contributed by atoms with Gasteiger partial charge in [0, 0.05) is 29.7 Å². The number of rotatable bonds is 3. The molecule has 0 atom stereocenters. The molecule has 0 saturated heterocycles. The summed E-state index contributed by atoms with van der Waals surface area (Å²) in [6.45, 7) is 2.18. The Labute approximate surface area is 161 Å². The van der Waals surface area contributed by atoms with E-state index in [1.807, 2.05) is 0 Å². The van der Waals surface area contributed by atoms with Crippen LogP contribution in [0.4, 0.5) is 30.2 Å². The molecule has 148 valence electrons. The van der Waals surface area contributed by atoms with Gasteiger partial charge in [0.15, 0.2) is 0 Å². The van der Waals surface area contributed by atoms with Crippen LogP contribution < -0.4 is 16.8 Å². The van der Waals surface area contributed by atoms with Crippen LogP contribution in [-0.2, 0) is 12.7 Å². The lowest BCUT2D eigenvalue weighted by Gasteiger charge is -2.10. The van der Waals surface area contributed by atoms with Crippen LogP contribution in [0.2, 0.25) is 0 Å². The van der Waals surface area contributed by atoms with Gasteiger partial charge in [-0.1, -0.05) is 18.2 Å². The van der Waals surface area contributed by atoms with Gasteiger partial charge >= 0.3 is 6.18 Å². The summed E-state index contributed by atoms with van der Waals surface area (Å²) in [6.07, 6.45) is -4.31. The summed E-state index contributed by atoms with van der Waals surface area (Å²) >= 11 is 0. The number of alkyl halides is 3. The molecule has 4 nitrogen and oxygen atoms in total. The number of nitrogen functional groups attached to an aromatic ring is 2. The Morgan fingerprint density at radius 1 is 0.857 bits per heavy atom. The van der Waals surface area contributed by atoms with Crippen molar-refractivity contribution in [1.82, 2.24) is 0 Å².